The van der Waals surface area contributed by atoms with Crippen molar-refractivity contribution in [2.24, 2.45) is 0 Å². The number of carbonyl (C=O) groups is 1. The monoisotopic (exact) mass is 354 g/mol. The Balaban J connectivity index is 1.52. The lowest BCUT2D eigenvalue weighted by Gasteiger charge is -2.10. The highest BCUT2D eigenvalue weighted by Crippen LogP contribution is 2.25. The van der Waals surface area contributed by atoms with Gasteiger partial charge in [-0.15, -0.1) is 0 Å². The van der Waals surface area contributed by atoms with Crippen LogP contribution < -0.4 is 20.1 Å². The number of aromatic nitrogens is 2. The molecule has 0 atom stereocenters. The maximum absolute atomic E-state index is 12.0. The number of pyridine rings is 1. The van der Waals surface area contributed by atoms with Crippen molar-refractivity contribution in [1.82, 2.24) is 10.1 Å². The summed E-state index contributed by atoms with van der Waals surface area (Å²) in [6.07, 6.45) is 1.58. The molecule has 0 aliphatic heterocycles. The smallest absolute Gasteiger partial charge is 0.263 e. The number of methoxy groups -OCH3 is 1. The van der Waals surface area contributed by atoms with E-state index < -0.39 is 0 Å². The third-order valence-electron chi connectivity index (χ3n) is 3.36. The van der Waals surface area contributed by atoms with E-state index in [1.807, 2.05) is 13.0 Å². The average molecular weight is 354 g/mol. The van der Waals surface area contributed by atoms with Crippen molar-refractivity contribution in [2.45, 2.75) is 6.92 Å². The molecule has 3 rings (SSSR count). The number of aryl methyl sites for hydroxylation is 1. The summed E-state index contributed by atoms with van der Waals surface area (Å²) >= 11 is 0. The lowest BCUT2D eigenvalue weighted by molar-refractivity contribution is -0.118. The molecule has 0 aliphatic carbocycles. The van der Waals surface area contributed by atoms with Gasteiger partial charge in [-0.3, -0.25) is 4.79 Å². The van der Waals surface area contributed by atoms with E-state index in [1.165, 1.54) is 0 Å². The molecule has 8 heteroatoms. The van der Waals surface area contributed by atoms with Crippen LogP contribution in [0, 0.1) is 6.92 Å². The van der Waals surface area contributed by atoms with Crippen LogP contribution in [-0.4, -0.2) is 29.8 Å². The minimum atomic E-state index is -0.323. The van der Waals surface area contributed by atoms with Crippen molar-refractivity contribution < 1.29 is 18.8 Å². The SMILES string of the molecule is COc1ccccc1OCC(=O)Nc1ccc(Nc2cc(C)on2)cn1. The van der Waals surface area contributed by atoms with Gasteiger partial charge in [0.25, 0.3) is 5.91 Å². The fraction of sp³-hybridized carbons (Fsp3) is 0.167. The molecule has 1 amide bonds. The molecule has 0 unspecified atom stereocenters. The normalized spacial score (nSPS) is 10.2. The number of hydrogen-bond donors (Lipinski definition) is 2. The van der Waals surface area contributed by atoms with Gasteiger partial charge in [0, 0.05) is 6.07 Å². The number of para-hydroxylation sites is 2. The van der Waals surface area contributed by atoms with E-state index in [1.54, 1.807) is 49.7 Å². The quantitative estimate of drug-likeness (QED) is 0.672. The number of hydrogen-bond acceptors (Lipinski definition) is 7. The number of ether oxygens (including phenoxy) is 2. The zero-order chi connectivity index (χ0) is 18.4. The molecule has 8 nitrogen and oxygen atoms in total. The first-order valence-electron chi connectivity index (χ1n) is 7.86. The molecule has 2 N–H and O–H groups in total. The Hall–Kier alpha value is -3.55. The summed E-state index contributed by atoms with van der Waals surface area (Å²) in [4.78, 5) is 16.2. The highest BCUT2D eigenvalue weighted by molar-refractivity contribution is 5.91. The van der Waals surface area contributed by atoms with E-state index in [0.29, 0.717) is 28.9 Å². The molecule has 0 aliphatic rings. The molecule has 26 heavy (non-hydrogen) atoms. The predicted octanol–water partition coefficient (Wildman–Crippen LogP) is 3.15. The van der Waals surface area contributed by atoms with E-state index in [2.05, 4.69) is 20.8 Å². The van der Waals surface area contributed by atoms with Crippen LogP contribution in [0.3, 0.4) is 0 Å². The Kier molecular flexibility index (Phi) is 5.33. The molecule has 0 radical (unpaired) electrons. The highest BCUT2D eigenvalue weighted by Gasteiger charge is 2.08. The van der Waals surface area contributed by atoms with Gasteiger partial charge in [-0.05, 0) is 31.2 Å². The fourth-order valence-electron chi connectivity index (χ4n) is 2.18. The Bertz CT molecular complexity index is 877. The topological polar surface area (TPSA) is 98.5 Å². The lowest BCUT2D eigenvalue weighted by atomic mass is 10.3. The van der Waals surface area contributed by atoms with Crippen LogP contribution >= 0.6 is 0 Å². The second-order valence-corrected chi connectivity index (χ2v) is 5.37. The molecular weight excluding hydrogens is 336 g/mol. The zero-order valence-corrected chi connectivity index (χ0v) is 14.4. The van der Waals surface area contributed by atoms with Crippen LogP contribution in [0.5, 0.6) is 11.5 Å². The average Bonchev–Trinajstić information content (AvgIpc) is 3.06. The molecule has 0 fully saturated rings. The van der Waals surface area contributed by atoms with Crippen LogP contribution in [0.2, 0.25) is 0 Å². The second-order valence-electron chi connectivity index (χ2n) is 5.37. The summed E-state index contributed by atoms with van der Waals surface area (Å²) in [5.41, 5.74) is 0.724. The second kappa shape index (κ2) is 8.02. The number of rotatable bonds is 7. The molecule has 0 saturated carbocycles. The number of nitrogens with zero attached hydrogens (tertiary/aromatic N) is 2. The van der Waals surface area contributed by atoms with E-state index >= 15 is 0 Å². The first-order valence-corrected chi connectivity index (χ1v) is 7.86. The Morgan fingerprint density at radius 1 is 1.15 bits per heavy atom. The molecule has 134 valence electrons. The van der Waals surface area contributed by atoms with Gasteiger partial charge in [0.05, 0.1) is 19.0 Å². The molecular formula is C18H18N4O4. The van der Waals surface area contributed by atoms with Crippen LogP contribution in [0.1, 0.15) is 5.76 Å². The van der Waals surface area contributed by atoms with Crippen LogP contribution in [0.25, 0.3) is 0 Å². The summed E-state index contributed by atoms with van der Waals surface area (Å²) in [6.45, 7) is 1.66. The third-order valence-corrected chi connectivity index (χ3v) is 3.36. The zero-order valence-electron chi connectivity index (χ0n) is 14.4. The van der Waals surface area contributed by atoms with Crippen molar-refractivity contribution in [3.8, 4) is 11.5 Å². The summed E-state index contributed by atoms with van der Waals surface area (Å²) in [5, 5.41) is 9.55. The number of anilines is 3. The van der Waals surface area contributed by atoms with Gasteiger partial charge < -0.3 is 24.6 Å². The highest BCUT2D eigenvalue weighted by atomic mass is 16.5. The summed E-state index contributed by atoms with van der Waals surface area (Å²) < 4.78 is 15.6. The van der Waals surface area contributed by atoms with Gasteiger partial charge in [0.1, 0.15) is 11.6 Å². The van der Waals surface area contributed by atoms with E-state index in [4.69, 9.17) is 14.0 Å². The Morgan fingerprint density at radius 3 is 2.62 bits per heavy atom. The standard InChI is InChI=1S/C18H18N4O4/c1-12-9-17(22-26-12)20-13-7-8-16(19-10-13)21-18(23)11-25-15-6-4-3-5-14(15)24-2/h3-10H,11H2,1-2H3,(H,20,22)(H,19,21,23). The van der Waals surface area contributed by atoms with Crippen molar-refractivity contribution in [2.75, 3.05) is 24.4 Å². The summed E-state index contributed by atoms with van der Waals surface area (Å²) in [7, 11) is 1.54. The van der Waals surface area contributed by atoms with E-state index in [0.717, 1.165) is 5.69 Å². The summed E-state index contributed by atoms with van der Waals surface area (Å²) in [6, 6.07) is 12.3. The van der Waals surface area contributed by atoms with Gasteiger partial charge in [-0.25, -0.2) is 4.98 Å². The molecule has 1 aromatic carbocycles. The first-order chi connectivity index (χ1) is 12.6. The molecule has 2 aromatic heterocycles. The maximum atomic E-state index is 12.0. The van der Waals surface area contributed by atoms with Crippen LogP contribution in [0.4, 0.5) is 17.3 Å². The third kappa shape index (κ3) is 4.50. The number of carbonyl (C=O) groups excluding carboxylic acids is 1. The van der Waals surface area contributed by atoms with E-state index in [-0.39, 0.29) is 12.5 Å². The molecule has 0 saturated heterocycles. The summed E-state index contributed by atoms with van der Waals surface area (Å²) in [5.74, 6) is 2.46. The minimum Gasteiger partial charge on any atom is -0.493 e. The van der Waals surface area contributed by atoms with Crippen LogP contribution in [-0.2, 0) is 4.79 Å². The maximum Gasteiger partial charge on any atom is 0.263 e. The minimum absolute atomic E-state index is 0.153. The Morgan fingerprint density at radius 2 is 1.96 bits per heavy atom. The van der Waals surface area contributed by atoms with Gasteiger partial charge in [0.2, 0.25) is 0 Å². The largest absolute Gasteiger partial charge is 0.493 e. The first kappa shape index (κ1) is 17.3. The number of amides is 1. The van der Waals surface area contributed by atoms with Gasteiger partial charge in [-0.2, -0.15) is 0 Å². The molecule has 2 heterocycles. The molecule has 3 aromatic rings. The van der Waals surface area contributed by atoms with Crippen molar-refractivity contribution >= 4 is 23.2 Å². The van der Waals surface area contributed by atoms with E-state index in [9.17, 15) is 4.79 Å². The lowest BCUT2D eigenvalue weighted by Crippen LogP contribution is -2.20. The predicted molar refractivity (Wildman–Crippen MR) is 95.9 cm³/mol. The molecule has 0 spiro atoms. The van der Waals surface area contributed by atoms with Gasteiger partial charge >= 0.3 is 0 Å². The fourth-order valence-corrected chi connectivity index (χ4v) is 2.18. The van der Waals surface area contributed by atoms with Crippen molar-refractivity contribution in [3.63, 3.8) is 0 Å². The van der Waals surface area contributed by atoms with Gasteiger partial charge in [-0.1, -0.05) is 17.3 Å². The Labute approximate surface area is 150 Å². The van der Waals surface area contributed by atoms with Crippen molar-refractivity contribution in [3.05, 3.63) is 54.4 Å². The van der Waals surface area contributed by atoms with Crippen LogP contribution in [0.15, 0.2) is 53.2 Å². The molecule has 0 bridgehead atoms. The van der Waals surface area contributed by atoms with Gasteiger partial charge in [0.15, 0.2) is 23.9 Å². The number of benzene rings is 1. The van der Waals surface area contributed by atoms with Crippen molar-refractivity contribution in [1.29, 1.82) is 0 Å². The number of nitrogens with one attached hydrogen (secondary N) is 2.